The standard InChI is InChI=1S/C8H10F2O.C7H14O3/c9-8(10)6-4-1-2-5(3-4)7(6)11-8;1-4-6(2)7(8)10-5-9-3/h4-7H,1-3H2;6H,4-5H2,1-3H3. The van der Waals surface area contributed by atoms with E-state index in [1.54, 1.807) is 0 Å². The molecule has 5 atom stereocenters. The van der Waals surface area contributed by atoms with Gasteiger partial charge in [0.25, 0.3) is 0 Å². The van der Waals surface area contributed by atoms with Crippen LogP contribution in [0.3, 0.4) is 0 Å². The van der Waals surface area contributed by atoms with Crippen LogP contribution in [0.1, 0.15) is 39.5 Å². The fourth-order valence-electron chi connectivity index (χ4n) is 3.49. The summed E-state index contributed by atoms with van der Waals surface area (Å²) in [7, 11) is 1.49. The summed E-state index contributed by atoms with van der Waals surface area (Å²) >= 11 is 0. The molecule has 3 fully saturated rings. The Labute approximate surface area is 124 Å². The Morgan fingerprint density at radius 2 is 2.05 bits per heavy atom. The second-order valence-electron chi connectivity index (χ2n) is 6.18. The first-order chi connectivity index (χ1) is 9.90. The van der Waals surface area contributed by atoms with Crippen molar-refractivity contribution in [1.29, 1.82) is 0 Å². The Hall–Kier alpha value is -0.750. The Morgan fingerprint density at radius 3 is 2.52 bits per heavy atom. The molecular formula is C15H24F2O4. The predicted octanol–water partition coefficient (Wildman–Crippen LogP) is 3.20. The Morgan fingerprint density at radius 1 is 1.38 bits per heavy atom. The number of hydrogen-bond donors (Lipinski definition) is 0. The zero-order valence-electron chi connectivity index (χ0n) is 12.8. The summed E-state index contributed by atoms with van der Waals surface area (Å²) in [6.07, 6.45) is 1.06. The normalized spacial score (nSPS) is 36.0. The van der Waals surface area contributed by atoms with Crippen molar-refractivity contribution in [3.8, 4) is 0 Å². The number of esters is 1. The number of hydrogen-bond acceptors (Lipinski definition) is 4. The van der Waals surface area contributed by atoms with Gasteiger partial charge >= 0.3 is 12.1 Å². The fraction of sp³-hybridized carbons (Fsp3) is 0.933. The number of halogens is 2. The number of methoxy groups -OCH3 is 1. The minimum atomic E-state index is -2.77. The maximum atomic E-state index is 12.7. The molecule has 0 N–H and O–H groups in total. The molecule has 122 valence electrons. The third kappa shape index (κ3) is 3.37. The van der Waals surface area contributed by atoms with Gasteiger partial charge in [0, 0.05) is 7.11 Å². The molecule has 1 saturated heterocycles. The third-order valence-corrected chi connectivity index (χ3v) is 4.86. The van der Waals surface area contributed by atoms with E-state index < -0.39 is 12.0 Å². The SMILES string of the molecule is CCC(C)C(=O)OCOC.FC1(F)OC2C3CCC(C3)C21. The molecule has 3 rings (SSSR count). The minimum absolute atomic E-state index is 0.0184. The molecular weight excluding hydrogens is 282 g/mol. The van der Waals surface area contributed by atoms with E-state index in [1.807, 2.05) is 13.8 Å². The van der Waals surface area contributed by atoms with Gasteiger partial charge in [-0.15, -0.1) is 0 Å². The first-order valence-corrected chi connectivity index (χ1v) is 7.61. The monoisotopic (exact) mass is 306 g/mol. The maximum Gasteiger partial charge on any atom is 0.361 e. The summed E-state index contributed by atoms with van der Waals surface area (Å²) in [5.74, 6) is 0.110. The Balaban J connectivity index is 0.000000155. The first-order valence-electron chi connectivity index (χ1n) is 7.61. The molecule has 2 saturated carbocycles. The van der Waals surface area contributed by atoms with Gasteiger partial charge < -0.3 is 14.2 Å². The molecule has 4 nitrogen and oxygen atoms in total. The van der Waals surface area contributed by atoms with Crippen LogP contribution in [0, 0.1) is 23.7 Å². The average Bonchev–Trinajstić information content (AvgIpc) is 3.01. The highest BCUT2D eigenvalue weighted by Crippen LogP contribution is 2.62. The van der Waals surface area contributed by atoms with Crippen LogP contribution in [0.4, 0.5) is 8.78 Å². The van der Waals surface area contributed by atoms with Gasteiger partial charge in [0.05, 0.1) is 17.9 Å². The average molecular weight is 306 g/mol. The molecule has 2 bridgehead atoms. The van der Waals surface area contributed by atoms with Gasteiger partial charge in [0.2, 0.25) is 0 Å². The minimum Gasteiger partial charge on any atom is -0.438 e. The smallest absolute Gasteiger partial charge is 0.361 e. The van der Waals surface area contributed by atoms with E-state index in [0.717, 1.165) is 25.7 Å². The van der Waals surface area contributed by atoms with Crippen LogP contribution in [-0.2, 0) is 19.0 Å². The van der Waals surface area contributed by atoms with Gasteiger partial charge in [-0.1, -0.05) is 13.8 Å². The molecule has 5 unspecified atom stereocenters. The van der Waals surface area contributed by atoms with E-state index in [2.05, 4.69) is 14.2 Å². The Kier molecular flexibility index (Phi) is 5.20. The van der Waals surface area contributed by atoms with Crippen LogP contribution in [0.15, 0.2) is 0 Å². The number of rotatable bonds is 4. The van der Waals surface area contributed by atoms with Crippen molar-refractivity contribution >= 4 is 5.97 Å². The van der Waals surface area contributed by atoms with E-state index in [-0.39, 0.29) is 30.7 Å². The fourth-order valence-corrected chi connectivity index (χ4v) is 3.49. The summed E-state index contributed by atoms with van der Waals surface area (Å²) in [5, 5.41) is 0. The number of carbonyl (C=O) groups is 1. The number of alkyl halides is 2. The van der Waals surface area contributed by atoms with Crippen LogP contribution >= 0.6 is 0 Å². The van der Waals surface area contributed by atoms with Crippen LogP contribution in [0.5, 0.6) is 0 Å². The second kappa shape index (κ2) is 6.57. The molecule has 1 aliphatic heterocycles. The van der Waals surface area contributed by atoms with Crippen molar-refractivity contribution in [1.82, 2.24) is 0 Å². The third-order valence-electron chi connectivity index (χ3n) is 4.86. The van der Waals surface area contributed by atoms with Gasteiger partial charge in [-0.2, -0.15) is 8.78 Å². The lowest BCUT2D eigenvalue weighted by Crippen LogP contribution is -2.57. The van der Waals surface area contributed by atoms with Crippen LogP contribution in [0.2, 0.25) is 0 Å². The Bertz CT molecular complexity index is 373. The molecule has 6 heteroatoms. The summed E-state index contributed by atoms with van der Waals surface area (Å²) in [5.41, 5.74) is 0. The topological polar surface area (TPSA) is 44.8 Å². The number of ether oxygens (including phenoxy) is 3. The zero-order valence-corrected chi connectivity index (χ0v) is 12.8. The maximum absolute atomic E-state index is 12.7. The van der Waals surface area contributed by atoms with Gasteiger partial charge in [0.15, 0.2) is 6.79 Å². The van der Waals surface area contributed by atoms with Crippen molar-refractivity contribution in [2.24, 2.45) is 23.7 Å². The van der Waals surface area contributed by atoms with Crippen LogP contribution < -0.4 is 0 Å². The molecule has 0 radical (unpaired) electrons. The van der Waals surface area contributed by atoms with E-state index in [9.17, 15) is 13.6 Å². The molecule has 0 aromatic carbocycles. The zero-order chi connectivity index (χ0) is 15.6. The molecule has 1 heterocycles. The number of carbonyl (C=O) groups excluding carboxylic acids is 1. The lowest BCUT2D eigenvalue weighted by Gasteiger charge is -2.46. The molecule has 0 aromatic rings. The van der Waals surface area contributed by atoms with Gasteiger partial charge in [0.1, 0.15) is 0 Å². The lowest BCUT2D eigenvalue weighted by atomic mass is 9.81. The molecule has 0 aromatic heterocycles. The predicted molar refractivity (Wildman–Crippen MR) is 71.6 cm³/mol. The van der Waals surface area contributed by atoms with Crippen LogP contribution in [0.25, 0.3) is 0 Å². The highest BCUT2D eigenvalue weighted by atomic mass is 19.3. The van der Waals surface area contributed by atoms with Gasteiger partial charge in [-0.05, 0) is 37.5 Å². The molecule has 0 spiro atoms. The second-order valence-corrected chi connectivity index (χ2v) is 6.18. The van der Waals surface area contributed by atoms with Gasteiger partial charge in [-0.3, -0.25) is 4.79 Å². The molecule has 2 aliphatic carbocycles. The lowest BCUT2D eigenvalue weighted by molar-refractivity contribution is -0.404. The quantitative estimate of drug-likeness (QED) is 0.591. The van der Waals surface area contributed by atoms with Crippen molar-refractivity contribution in [2.45, 2.75) is 51.7 Å². The van der Waals surface area contributed by atoms with Crippen molar-refractivity contribution in [3.05, 3.63) is 0 Å². The number of fused-ring (bicyclic) bond motifs is 5. The molecule has 3 aliphatic rings. The van der Waals surface area contributed by atoms with Crippen LogP contribution in [-0.4, -0.2) is 32.1 Å². The summed E-state index contributed by atoms with van der Waals surface area (Å²) < 4.78 is 39.3. The largest absolute Gasteiger partial charge is 0.438 e. The van der Waals surface area contributed by atoms with Crippen molar-refractivity contribution in [2.75, 3.05) is 13.9 Å². The summed E-state index contributed by atoms with van der Waals surface area (Å²) in [6, 6.07) is 0. The summed E-state index contributed by atoms with van der Waals surface area (Å²) in [4.78, 5) is 10.8. The van der Waals surface area contributed by atoms with E-state index in [1.165, 1.54) is 7.11 Å². The molecule has 21 heavy (non-hydrogen) atoms. The first kappa shape index (κ1) is 16.6. The summed E-state index contributed by atoms with van der Waals surface area (Å²) in [6.45, 7) is 3.83. The highest BCUT2D eigenvalue weighted by molar-refractivity contribution is 5.71. The van der Waals surface area contributed by atoms with Crippen molar-refractivity contribution < 1.29 is 27.8 Å². The van der Waals surface area contributed by atoms with Crippen molar-refractivity contribution in [3.63, 3.8) is 0 Å². The van der Waals surface area contributed by atoms with E-state index >= 15 is 0 Å². The van der Waals surface area contributed by atoms with E-state index in [4.69, 9.17) is 0 Å². The molecule has 0 amide bonds. The van der Waals surface area contributed by atoms with Gasteiger partial charge in [-0.25, -0.2) is 0 Å². The highest BCUT2D eigenvalue weighted by Gasteiger charge is 2.68. The van der Waals surface area contributed by atoms with E-state index in [0.29, 0.717) is 5.92 Å².